The summed E-state index contributed by atoms with van der Waals surface area (Å²) < 4.78 is 13.1. The van der Waals surface area contributed by atoms with Gasteiger partial charge in [-0.3, -0.25) is 4.98 Å². The number of fused-ring (bicyclic) bond motifs is 1. The molecule has 2 aliphatic rings. The molecule has 0 radical (unpaired) electrons. The Hall–Kier alpha value is -2.47. The highest BCUT2D eigenvalue weighted by molar-refractivity contribution is 5.89. The van der Waals surface area contributed by atoms with Crippen LogP contribution in [0.15, 0.2) is 48.8 Å². The summed E-state index contributed by atoms with van der Waals surface area (Å²) in [5, 5.41) is 13.8. The Balaban J connectivity index is 1.40. The number of benzene rings is 1. The number of halogens is 1. The Morgan fingerprint density at radius 1 is 1.20 bits per heavy atom. The van der Waals surface area contributed by atoms with Gasteiger partial charge >= 0.3 is 6.03 Å². The summed E-state index contributed by atoms with van der Waals surface area (Å²) >= 11 is 0. The number of aliphatic hydroxyl groups is 1. The number of carbonyl (C=O) groups excluding carboxylic acids is 1. The normalized spacial score (nSPS) is 28.0. The summed E-state index contributed by atoms with van der Waals surface area (Å²) in [5.74, 6) is 0.216. The smallest absolute Gasteiger partial charge is 0.321 e. The van der Waals surface area contributed by atoms with Gasteiger partial charge in [0, 0.05) is 19.3 Å². The van der Waals surface area contributed by atoms with Crippen molar-refractivity contribution in [3.8, 4) is 0 Å². The van der Waals surface area contributed by atoms with Crippen LogP contribution in [0, 0.1) is 17.7 Å². The number of hydrogen-bond donors (Lipinski definition) is 2. The van der Waals surface area contributed by atoms with Gasteiger partial charge in [0.15, 0.2) is 0 Å². The molecule has 2 fully saturated rings. The Labute approximate surface area is 145 Å². The van der Waals surface area contributed by atoms with E-state index in [4.69, 9.17) is 0 Å². The number of likely N-dealkylation sites (tertiary alicyclic amines) is 1. The third kappa shape index (κ3) is 3.09. The number of nitrogens with one attached hydrogen (secondary N) is 1. The monoisotopic (exact) mass is 341 g/mol. The van der Waals surface area contributed by atoms with Gasteiger partial charge < -0.3 is 15.3 Å². The molecule has 2 amide bonds. The minimum absolute atomic E-state index is 0.132. The number of anilines is 1. The fraction of sp³-hybridized carbons (Fsp3) is 0.368. The molecule has 0 spiro atoms. The number of carbonyl (C=O) groups is 1. The zero-order chi connectivity index (χ0) is 17.4. The van der Waals surface area contributed by atoms with E-state index in [1.807, 2.05) is 0 Å². The SMILES string of the molecule is O=C(Nc1cccnc1)N1CC2CC(O)(c3ccc(F)cc3)CC2C1. The van der Waals surface area contributed by atoms with Crippen molar-refractivity contribution in [3.63, 3.8) is 0 Å². The minimum Gasteiger partial charge on any atom is -0.385 e. The van der Waals surface area contributed by atoms with Crippen LogP contribution >= 0.6 is 0 Å². The lowest BCUT2D eigenvalue weighted by atomic mass is 9.90. The van der Waals surface area contributed by atoms with E-state index in [1.165, 1.54) is 12.1 Å². The van der Waals surface area contributed by atoms with E-state index in [0.717, 1.165) is 5.56 Å². The molecule has 2 N–H and O–H groups in total. The van der Waals surface area contributed by atoms with Crippen LogP contribution < -0.4 is 5.32 Å². The van der Waals surface area contributed by atoms with Crippen LogP contribution in [0.1, 0.15) is 18.4 Å². The van der Waals surface area contributed by atoms with Crippen LogP contribution in [0.25, 0.3) is 0 Å². The third-order valence-electron chi connectivity index (χ3n) is 5.36. The van der Waals surface area contributed by atoms with Crippen molar-refractivity contribution in [1.82, 2.24) is 9.88 Å². The second-order valence-corrected chi connectivity index (χ2v) is 7.04. The van der Waals surface area contributed by atoms with Crippen molar-refractivity contribution in [2.75, 3.05) is 18.4 Å². The minimum atomic E-state index is -0.922. The quantitative estimate of drug-likeness (QED) is 0.882. The van der Waals surface area contributed by atoms with E-state index in [9.17, 15) is 14.3 Å². The summed E-state index contributed by atoms with van der Waals surface area (Å²) in [6.07, 6.45) is 4.47. The van der Waals surface area contributed by atoms with Crippen molar-refractivity contribution in [3.05, 3.63) is 60.2 Å². The number of aromatic nitrogens is 1. The largest absolute Gasteiger partial charge is 0.385 e. The molecule has 1 aromatic carbocycles. The Morgan fingerprint density at radius 2 is 1.88 bits per heavy atom. The molecule has 2 atom stereocenters. The average molecular weight is 341 g/mol. The van der Waals surface area contributed by atoms with Gasteiger partial charge in [0.05, 0.1) is 17.5 Å². The molecule has 4 rings (SSSR count). The van der Waals surface area contributed by atoms with Crippen LogP contribution in [-0.2, 0) is 5.60 Å². The molecule has 1 saturated carbocycles. The first-order valence-electron chi connectivity index (χ1n) is 8.48. The molecule has 2 unspecified atom stereocenters. The van der Waals surface area contributed by atoms with Gasteiger partial charge in [-0.25, -0.2) is 9.18 Å². The first kappa shape index (κ1) is 16.0. The number of rotatable bonds is 2. The highest BCUT2D eigenvalue weighted by Crippen LogP contribution is 2.49. The van der Waals surface area contributed by atoms with Crippen molar-refractivity contribution in [1.29, 1.82) is 0 Å². The number of amides is 2. The van der Waals surface area contributed by atoms with Gasteiger partial charge in [-0.15, -0.1) is 0 Å². The van der Waals surface area contributed by atoms with Gasteiger partial charge in [-0.2, -0.15) is 0 Å². The molecule has 1 aromatic heterocycles. The second-order valence-electron chi connectivity index (χ2n) is 7.04. The molecule has 25 heavy (non-hydrogen) atoms. The fourth-order valence-electron chi connectivity index (χ4n) is 4.15. The molecule has 6 heteroatoms. The standard InChI is InChI=1S/C19H20FN3O2/c20-16-5-3-15(4-6-16)19(25)8-13-11-23(12-14(13)9-19)18(24)22-17-2-1-7-21-10-17/h1-7,10,13-14,25H,8-9,11-12H2,(H,22,24). The van der Waals surface area contributed by atoms with Crippen LogP contribution in [0.4, 0.5) is 14.9 Å². The maximum Gasteiger partial charge on any atom is 0.321 e. The van der Waals surface area contributed by atoms with E-state index in [2.05, 4.69) is 10.3 Å². The van der Waals surface area contributed by atoms with Gasteiger partial charge in [0.2, 0.25) is 0 Å². The van der Waals surface area contributed by atoms with Gasteiger partial charge in [-0.05, 0) is 54.5 Å². The molecule has 1 aliphatic carbocycles. The van der Waals surface area contributed by atoms with Crippen molar-refractivity contribution in [2.24, 2.45) is 11.8 Å². The molecule has 0 bridgehead atoms. The van der Waals surface area contributed by atoms with Crippen LogP contribution in [-0.4, -0.2) is 34.1 Å². The van der Waals surface area contributed by atoms with Crippen molar-refractivity contribution in [2.45, 2.75) is 18.4 Å². The Morgan fingerprint density at radius 3 is 2.48 bits per heavy atom. The first-order valence-corrected chi connectivity index (χ1v) is 8.48. The first-order chi connectivity index (χ1) is 12.0. The predicted octanol–water partition coefficient (Wildman–Crippen LogP) is 2.98. The molecule has 2 heterocycles. The van der Waals surface area contributed by atoms with Crippen molar-refractivity contribution < 1.29 is 14.3 Å². The lowest BCUT2D eigenvalue weighted by molar-refractivity contribution is 0.0328. The molecule has 5 nitrogen and oxygen atoms in total. The number of urea groups is 1. The maximum atomic E-state index is 13.1. The summed E-state index contributed by atoms with van der Waals surface area (Å²) in [6.45, 7) is 1.25. The Kier molecular flexibility index (Phi) is 3.92. The number of pyridine rings is 1. The number of nitrogens with zero attached hydrogens (tertiary/aromatic N) is 2. The van der Waals surface area contributed by atoms with Crippen molar-refractivity contribution >= 4 is 11.7 Å². The van der Waals surface area contributed by atoms with E-state index in [0.29, 0.717) is 31.6 Å². The summed E-state index contributed by atoms with van der Waals surface area (Å²) in [4.78, 5) is 18.2. The molecular weight excluding hydrogens is 321 g/mol. The number of hydrogen-bond acceptors (Lipinski definition) is 3. The highest BCUT2D eigenvalue weighted by atomic mass is 19.1. The van der Waals surface area contributed by atoms with Gasteiger partial charge in [-0.1, -0.05) is 12.1 Å². The molecule has 2 aromatic rings. The topological polar surface area (TPSA) is 65.5 Å². The fourth-order valence-corrected chi connectivity index (χ4v) is 4.15. The zero-order valence-electron chi connectivity index (χ0n) is 13.7. The molecule has 1 aliphatic heterocycles. The van der Waals surface area contributed by atoms with Crippen LogP contribution in [0.3, 0.4) is 0 Å². The molecule has 130 valence electrons. The maximum absolute atomic E-state index is 13.1. The lowest BCUT2D eigenvalue weighted by Crippen LogP contribution is -2.35. The summed E-state index contributed by atoms with van der Waals surface area (Å²) in [7, 11) is 0. The Bertz CT molecular complexity index is 752. The zero-order valence-corrected chi connectivity index (χ0v) is 13.7. The summed E-state index contributed by atoms with van der Waals surface area (Å²) in [6, 6.07) is 9.52. The second kappa shape index (κ2) is 6.11. The van der Waals surface area contributed by atoms with Gasteiger partial charge in [0.1, 0.15) is 5.82 Å². The highest BCUT2D eigenvalue weighted by Gasteiger charge is 2.49. The van der Waals surface area contributed by atoms with Gasteiger partial charge in [0.25, 0.3) is 0 Å². The average Bonchev–Trinajstić information content (AvgIpc) is 3.12. The van der Waals surface area contributed by atoms with E-state index in [-0.39, 0.29) is 23.7 Å². The molecular formula is C19H20FN3O2. The lowest BCUT2D eigenvalue weighted by Gasteiger charge is -2.26. The van der Waals surface area contributed by atoms with E-state index in [1.54, 1.807) is 41.6 Å². The van der Waals surface area contributed by atoms with E-state index < -0.39 is 5.60 Å². The predicted molar refractivity (Wildman–Crippen MR) is 91.3 cm³/mol. The molecule has 1 saturated heterocycles. The van der Waals surface area contributed by atoms with Crippen LogP contribution in [0.5, 0.6) is 0 Å². The summed E-state index contributed by atoms with van der Waals surface area (Å²) in [5.41, 5.74) is 0.511. The van der Waals surface area contributed by atoms with Crippen LogP contribution in [0.2, 0.25) is 0 Å². The third-order valence-corrected chi connectivity index (χ3v) is 5.36. The van der Waals surface area contributed by atoms with E-state index >= 15 is 0 Å².